The van der Waals surface area contributed by atoms with Crippen LogP contribution in [0.1, 0.15) is 49.0 Å². The topological polar surface area (TPSA) is 57.2 Å². The highest BCUT2D eigenvalue weighted by Crippen LogP contribution is 2.33. The first-order valence-electron chi connectivity index (χ1n) is 8.96. The van der Waals surface area contributed by atoms with Crippen molar-refractivity contribution in [3.63, 3.8) is 0 Å². The molecule has 1 aromatic carbocycles. The highest BCUT2D eigenvalue weighted by Gasteiger charge is 2.31. The third-order valence-corrected chi connectivity index (χ3v) is 6.04. The number of hydrogen-bond acceptors (Lipinski definition) is 3. The van der Waals surface area contributed by atoms with E-state index in [1.165, 1.54) is 5.57 Å². The molecule has 134 valence electrons. The quantitative estimate of drug-likeness (QED) is 0.774. The minimum atomic E-state index is -2.07. The van der Waals surface area contributed by atoms with Crippen LogP contribution in [0.4, 0.5) is 0 Å². The highest BCUT2D eigenvalue weighted by molar-refractivity contribution is 7.79. The molecule has 1 atom stereocenters. The van der Waals surface area contributed by atoms with Crippen LogP contribution < -0.4 is 10.4 Å². The van der Waals surface area contributed by atoms with Gasteiger partial charge in [0.25, 0.3) is 0 Å². The van der Waals surface area contributed by atoms with E-state index < -0.39 is 11.1 Å². The summed E-state index contributed by atoms with van der Waals surface area (Å²) in [5, 5.41) is 2.06. The van der Waals surface area contributed by atoms with Gasteiger partial charge in [0, 0.05) is 16.7 Å². The van der Waals surface area contributed by atoms with Crippen molar-refractivity contribution in [2.45, 2.75) is 38.5 Å². The summed E-state index contributed by atoms with van der Waals surface area (Å²) >= 11 is -2.07. The van der Waals surface area contributed by atoms with Gasteiger partial charge in [-0.1, -0.05) is 61.4 Å². The molecule has 0 aliphatic heterocycles. The lowest BCUT2D eigenvalue weighted by molar-refractivity contribution is 0.104. The zero-order valence-corrected chi connectivity index (χ0v) is 15.8. The molecule has 3 aliphatic carbocycles. The van der Waals surface area contributed by atoms with Crippen molar-refractivity contribution >= 4 is 28.0 Å². The van der Waals surface area contributed by atoms with Crippen molar-refractivity contribution in [1.29, 1.82) is 0 Å². The largest absolute Gasteiger partial charge is 0.772 e. The Kier molecular flexibility index (Phi) is 4.20. The average molecular weight is 365 g/mol. The Balaban J connectivity index is 2.04. The van der Waals surface area contributed by atoms with Crippen LogP contribution in [0.2, 0.25) is 0 Å². The average Bonchev–Trinajstić information content (AvgIpc) is 2.60. The standard InChI is InChI=1S/C22H22O3S/c1-22(2)11-9-14(10-12-26(24)25)17-7-8-18-16-6-4-3-5-15(16)13-19(23)20(18)21(17)22/h3,5,7-9,11,13H,4,6,10,12H2,1-2H3,(H,24,25)/p-1. The molecular formula is C22H21O3S-. The van der Waals surface area contributed by atoms with Crippen LogP contribution in [-0.2, 0) is 16.5 Å². The van der Waals surface area contributed by atoms with Crippen LogP contribution in [0.3, 0.4) is 0 Å². The monoisotopic (exact) mass is 365 g/mol. The maximum absolute atomic E-state index is 13.0. The van der Waals surface area contributed by atoms with Gasteiger partial charge >= 0.3 is 0 Å². The molecule has 3 aliphatic rings. The number of allylic oxidation sites excluding steroid dienone is 6. The lowest BCUT2D eigenvalue weighted by Gasteiger charge is -2.31. The number of benzene rings is 1. The van der Waals surface area contributed by atoms with Gasteiger partial charge in [0.1, 0.15) is 0 Å². The van der Waals surface area contributed by atoms with E-state index in [-0.39, 0.29) is 17.0 Å². The molecule has 3 nitrogen and oxygen atoms in total. The van der Waals surface area contributed by atoms with Gasteiger partial charge in [-0.05, 0) is 58.1 Å². The van der Waals surface area contributed by atoms with Crippen LogP contribution in [-0.4, -0.2) is 20.3 Å². The molecule has 1 aromatic rings. The molecule has 4 rings (SSSR count). The predicted octanol–water partition coefficient (Wildman–Crippen LogP) is 2.58. The van der Waals surface area contributed by atoms with E-state index >= 15 is 0 Å². The van der Waals surface area contributed by atoms with Gasteiger partial charge in [-0.25, -0.2) is 0 Å². The predicted molar refractivity (Wildman–Crippen MR) is 104 cm³/mol. The minimum absolute atomic E-state index is 0.0530. The van der Waals surface area contributed by atoms with E-state index in [1.54, 1.807) is 6.08 Å². The minimum Gasteiger partial charge on any atom is -0.772 e. The molecule has 0 amide bonds. The normalized spacial score (nSPS) is 21.0. The zero-order valence-electron chi connectivity index (χ0n) is 15.0. The Morgan fingerprint density at radius 1 is 1.19 bits per heavy atom. The Morgan fingerprint density at radius 3 is 2.73 bits per heavy atom. The first-order valence-corrected chi connectivity index (χ1v) is 10.2. The molecule has 0 saturated carbocycles. The number of carbonyl (C=O) groups is 1. The third-order valence-electron chi connectivity index (χ3n) is 5.50. The summed E-state index contributed by atoms with van der Waals surface area (Å²) < 4.78 is 22.0. The van der Waals surface area contributed by atoms with E-state index in [9.17, 15) is 13.6 Å². The Morgan fingerprint density at radius 2 is 1.96 bits per heavy atom. The second kappa shape index (κ2) is 6.29. The van der Waals surface area contributed by atoms with E-state index in [4.69, 9.17) is 0 Å². The van der Waals surface area contributed by atoms with Gasteiger partial charge in [-0.15, -0.1) is 0 Å². The molecule has 0 saturated heterocycles. The second-order valence-corrected chi connectivity index (χ2v) is 8.65. The van der Waals surface area contributed by atoms with E-state index in [0.717, 1.165) is 45.6 Å². The van der Waals surface area contributed by atoms with Gasteiger partial charge in [0.15, 0.2) is 5.78 Å². The van der Waals surface area contributed by atoms with E-state index in [0.29, 0.717) is 6.42 Å². The van der Waals surface area contributed by atoms with Crippen LogP contribution in [0, 0.1) is 0 Å². The van der Waals surface area contributed by atoms with Crippen molar-refractivity contribution in [1.82, 2.24) is 0 Å². The smallest absolute Gasteiger partial charge is 0.187 e. The maximum atomic E-state index is 13.0. The third kappa shape index (κ3) is 2.78. The summed E-state index contributed by atoms with van der Waals surface area (Å²) in [6, 6.07) is 4.13. The van der Waals surface area contributed by atoms with Gasteiger partial charge in [-0.2, -0.15) is 0 Å². The van der Waals surface area contributed by atoms with E-state index in [2.05, 4.69) is 38.1 Å². The summed E-state index contributed by atoms with van der Waals surface area (Å²) in [6.07, 6.45) is 12.4. The van der Waals surface area contributed by atoms with Gasteiger partial charge in [0.2, 0.25) is 0 Å². The molecule has 1 unspecified atom stereocenters. The van der Waals surface area contributed by atoms with Crippen LogP contribution in [0.15, 0.2) is 48.1 Å². The molecule has 0 heterocycles. The second-order valence-electron chi connectivity index (χ2n) is 7.63. The molecule has 0 N–H and O–H groups in total. The zero-order chi connectivity index (χ0) is 18.5. The van der Waals surface area contributed by atoms with Gasteiger partial charge in [-0.3, -0.25) is 9.00 Å². The Hall–Kier alpha value is -2.04. The van der Waals surface area contributed by atoms with Crippen LogP contribution in [0.5, 0.6) is 0 Å². The van der Waals surface area contributed by atoms with Gasteiger partial charge in [0.05, 0.1) is 0 Å². The van der Waals surface area contributed by atoms with Crippen molar-refractivity contribution in [2.24, 2.45) is 0 Å². The molecule has 0 fully saturated rings. The SMILES string of the molecule is CC1(C)C=CC(CCS(=O)[O-])=c2ccc3c(c21)C(=O)C=C1C=CCCC=31. The highest BCUT2D eigenvalue weighted by atomic mass is 32.2. The fourth-order valence-corrected chi connectivity index (χ4v) is 4.65. The molecule has 4 heteroatoms. The lowest BCUT2D eigenvalue weighted by atomic mass is 9.72. The van der Waals surface area contributed by atoms with E-state index in [1.807, 2.05) is 12.2 Å². The summed E-state index contributed by atoms with van der Waals surface area (Å²) in [4.78, 5) is 13.0. The van der Waals surface area contributed by atoms with Gasteiger partial charge < -0.3 is 4.55 Å². The Labute approximate surface area is 155 Å². The summed E-state index contributed by atoms with van der Waals surface area (Å²) in [6.45, 7) is 4.23. The van der Waals surface area contributed by atoms with Crippen molar-refractivity contribution in [3.8, 4) is 0 Å². The van der Waals surface area contributed by atoms with Crippen molar-refractivity contribution in [3.05, 3.63) is 69.7 Å². The first kappa shape index (κ1) is 17.4. The fraction of sp³-hybridized carbons (Fsp3) is 0.318. The fourth-order valence-electron chi connectivity index (χ4n) is 4.26. The number of carbonyl (C=O) groups excluding carboxylic acids is 1. The first-order chi connectivity index (χ1) is 12.4. The summed E-state index contributed by atoms with van der Waals surface area (Å²) in [7, 11) is 0. The molecule has 0 aromatic heterocycles. The van der Waals surface area contributed by atoms with Crippen LogP contribution >= 0.6 is 0 Å². The summed E-state index contributed by atoms with van der Waals surface area (Å²) in [5.41, 5.74) is 4.83. The lowest BCUT2D eigenvalue weighted by Crippen LogP contribution is -2.38. The number of fused-ring (bicyclic) bond motifs is 4. The molecule has 26 heavy (non-hydrogen) atoms. The maximum Gasteiger partial charge on any atom is 0.187 e. The number of ketones is 1. The number of hydrogen-bond donors (Lipinski definition) is 0. The molecule has 0 spiro atoms. The Bertz CT molecular complexity index is 1050. The number of rotatable bonds is 3. The summed E-state index contributed by atoms with van der Waals surface area (Å²) in [5.74, 6) is 0.147. The molecule has 0 radical (unpaired) electrons. The van der Waals surface area contributed by atoms with Crippen molar-refractivity contribution < 1.29 is 13.6 Å². The van der Waals surface area contributed by atoms with Crippen molar-refractivity contribution in [2.75, 3.05) is 5.75 Å². The molecular weight excluding hydrogens is 344 g/mol. The molecule has 0 bridgehead atoms. The van der Waals surface area contributed by atoms with Crippen LogP contribution in [0.25, 0.3) is 11.1 Å².